The maximum absolute atomic E-state index is 12.9. The summed E-state index contributed by atoms with van der Waals surface area (Å²) in [5.41, 5.74) is 0. The molecule has 0 aliphatic rings. The van der Waals surface area contributed by atoms with Crippen LogP contribution in [-0.4, -0.2) is 37.2 Å². The van der Waals surface area contributed by atoms with Gasteiger partial charge in [-0.2, -0.15) is 0 Å². The smallest absolute Gasteiger partial charge is 0.306 e. The van der Waals surface area contributed by atoms with Gasteiger partial charge >= 0.3 is 17.9 Å². The Hall–Kier alpha value is -2.63. The van der Waals surface area contributed by atoms with Crippen LogP contribution in [0.4, 0.5) is 0 Å². The highest BCUT2D eigenvalue weighted by Gasteiger charge is 2.19. The van der Waals surface area contributed by atoms with Gasteiger partial charge in [-0.3, -0.25) is 14.4 Å². The highest BCUT2D eigenvalue weighted by molar-refractivity contribution is 5.71. The summed E-state index contributed by atoms with van der Waals surface area (Å²) in [5.74, 6) is -0.885. The van der Waals surface area contributed by atoms with Crippen molar-refractivity contribution >= 4 is 17.9 Å². The van der Waals surface area contributed by atoms with Crippen LogP contribution in [0.2, 0.25) is 0 Å². The van der Waals surface area contributed by atoms with Crippen molar-refractivity contribution in [2.45, 2.75) is 322 Å². The standard InChI is InChI=1S/C63H114O6/c1-4-7-10-13-16-19-22-25-28-30-31-33-35-38-41-44-47-50-53-56-62(65)68-59-60(58-67-61(64)55-52-49-46-43-40-37-34-27-24-21-18-15-12-9-6-3)69-63(66)57-54-51-48-45-42-39-36-32-29-26-23-20-17-14-11-8-5-2/h17,20,26-27,29-31,34,60H,4-16,18-19,21-25,28,32-33,35-59H2,1-3H3/b20-17-,29-26-,31-30-,34-27-/t60-/m1/s1. The Morgan fingerprint density at radius 1 is 0.290 bits per heavy atom. The summed E-state index contributed by atoms with van der Waals surface area (Å²) >= 11 is 0. The van der Waals surface area contributed by atoms with Gasteiger partial charge in [0.1, 0.15) is 13.2 Å². The fourth-order valence-electron chi connectivity index (χ4n) is 8.70. The van der Waals surface area contributed by atoms with Gasteiger partial charge in [-0.1, -0.05) is 243 Å². The van der Waals surface area contributed by atoms with E-state index < -0.39 is 6.10 Å². The molecule has 6 nitrogen and oxygen atoms in total. The van der Waals surface area contributed by atoms with E-state index in [1.54, 1.807) is 0 Å². The lowest BCUT2D eigenvalue weighted by Crippen LogP contribution is -2.30. The first-order valence-electron chi connectivity index (χ1n) is 30.1. The summed E-state index contributed by atoms with van der Waals surface area (Å²) in [5, 5.41) is 0. The van der Waals surface area contributed by atoms with Gasteiger partial charge in [0.15, 0.2) is 6.10 Å². The first kappa shape index (κ1) is 66.4. The van der Waals surface area contributed by atoms with E-state index in [0.717, 1.165) is 77.0 Å². The van der Waals surface area contributed by atoms with Crippen LogP contribution >= 0.6 is 0 Å². The molecular weight excluding hydrogens is 853 g/mol. The molecule has 0 aromatic heterocycles. The van der Waals surface area contributed by atoms with Gasteiger partial charge in [0.2, 0.25) is 0 Å². The normalized spacial score (nSPS) is 12.3. The van der Waals surface area contributed by atoms with Gasteiger partial charge in [0.25, 0.3) is 0 Å². The van der Waals surface area contributed by atoms with E-state index in [0.29, 0.717) is 19.3 Å². The van der Waals surface area contributed by atoms with Crippen molar-refractivity contribution < 1.29 is 28.6 Å². The van der Waals surface area contributed by atoms with E-state index in [4.69, 9.17) is 14.2 Å². The minimum atomic E-state index is -0.782. The number of unbranched alkanes of at least 4 members (excludes halogenated alkanes) is 36. The zero-order valence-electron chi connectivity index (χ0n) is 46.1. The Bertz CT molecular complexity index is 1200. The van der Waals surface area contributed by atoms with Gasteiger partial charge in [0.05, 0.1) is 0 Å². The molecule has 0 saturated carbocycles. The summed E-state index contributed by atoms with van der Waals surface area (Å²) in [4.78, 5) is 38.2. The monoisotopic (exact) mass is 967 g/mol. The number of allylic oxidation sites excluding steroid dienone is 8. The van der Waals surface area contributed by atoms with Crippen molar-refractivity contribution in [2.75, 3.05) is 13.2 Å². The van der Waals surface area contributed by atoms with Crippen molar-refractivity contribution in [3.8, 4) is 0 Å². The maximum Gasteiger partial charge on any atom is 0.306 e. The van der Waals surface area contributed by atoms with Crippen LogP contribution in [0, 0.1) is 0 Å². The molecule has 69 heavy (non-hydrogen) atoms. The second-order valence-electron chi connectivity index (χ2n) is 20.2. The molecule has 0 saturated heterocycles. The van der Waals surface area contributed by atoms with Crippen molar-refractivity contribution in [2.24, 2.45) is 0 Å². The topological polar surface area (TPSA) is 78.9 Å². The molecule has 0 aromatic rings. The zero-order valence-corrected chi connectivity index (χ0v) is 46.1. The van der Waals surface area contributed by atoms with Crippen LogP contribution in [0.25, 0.3) is 0 Å². The molecule has 0 N–H and O–H groups in total. The molecule has 1 atom stereocenters. The molecule has 402 valence electrons. The molecule has 0 unspecified atom stereocenters. The summed E-state index contributed by atoms with van der Waals surface area (Å²) in [7, 11) is 0. The number of ether oxygens (including phenoxy) is 3. The molecule has 0 rings (SSSR count). The van der Waals surface area contributed by atoms with E-state index in [9.17, 15) is 14.4 Å². The minimum absolute atomic E-state index is 0.0796. The third-order valence-corrected chi connectivity index (χ3v) is 13.3. The highest BCUT2D eigenvalue weighted by Crippen LogP contribution is 2.16. The first-order chi connectivity index (χ1) is 34.0. The number of rotatable bonds is 55. The van der Waals surface area contributed by atoms with Crippen molar-refractivity contribution in [1.82, 2.24) is 0 Å². The van der Waals surface area contributed by atoms with Crippen LogP contribution in [0.1, 0.15) is 316 Å². The average molecular weight is 968 g/mol. The molecule has 6 heteroatoms. The maximum atomic E-state index is 12.9. The molecule has 0 bridgehead atoms. The number of carbonyl (C=O) groups excluding carboxylic acids is 3. The molecule has 0 aliphatic heterocycles. The van der Waals surface area contributed by atoms with Crippen LogP contribution in [0.3, 0.4) is 0 Å². The second kappa shape index (κ2) is 57.9. The Kier molecular flexibility index (Phi) is 55.7. The highest BCUT2D eigenvalue weighted by atomic mass is 16.6. The van der Waals surface area contributed by atoms with Crippen molar-refractivity contribution in [1.29, 1.82) is 0 Å². The Morgan fingerprint density at radius 3 is 0.841 bits per heavy atom. The van der Waals surface area contributed by atoms with E-state index in [2.05, 4.69) is 69.4 Å². The molecule has 0 radical (unpaired) electrons. The lowest BCUT2D eigenvalue weighted by Gasteiger charge is -2.18. The predicted octanol–water partition coefficient (Wildman–Crippen LogP) is 20.2. The third-order valence-electron chi connectivity index (χ3n) is 13.3. The van der Waals surface area contributed by atoms with Crippen molar-refractivity contribution in [3.63, 3.8) is 0 Å². The number of hydrogen-bond donors (Lipinski definition) is 0. The molecule has 0 spiro atoms. The van der Waals surface area contributed by atoms with Crippen LogP contribution in [0.5, 0.6) is 0 Å². The van der Waals surface area contributed by atoms with Crippen LogP contribution in [0.15, 0.2) is 48.6 Å². The Morgan fingerprint density at radius 2 is 0.522 bits per heavy atom. The quantitative estimate of drug-likeness (QED) is 0.0262. The molecule has 0 fully saturated rings. The molecule has 0 aliphatic carbocycles. The molecular formula is C63H114O6. The number of esters is 3. The van der Waals surface area contributed by atoms with E-state index in [1.807, 2.05) is 0 Å². The summed E-state index contributed by atoms with van der Waals surface area (Å²) in [6.45, 7) is 6.63. The van der Waals surface area contributed by atoms with Crippen LogP contribution in [-0.2, 0) is 28.6 Å². The summed E-state index contributed by atoms with van der Waals surface area (Å²) in [6.07, 6.45) is 71.0. The van der Waals surface area contributed by atoms with Crippen molar-refractivity contribution in [3.05, 3.63) is 48.6 Å². The van der Waals surface area contributed by atoms with Gasteiger partial charge in [-0.25, -0.2) is 0 Å². The van der Waals surface area contributed by atoms with Crippen LogP contribution < -0.4 is 0 Å². The van der Waals surface area contributed by atoms with E-state index in [1.165, 1.54) is 199 Å². The predicted molar refractivity (Wildman–Crippen MR) is 298 cm³/mol. The zero-order chi connectivity index (χ0) is 50.0. The van der Waals surface area contributed by atoms with Gasteiger partial charge in [-0.05, 0) is 103 Å². The average Bonchev–Trinajstić information content (AvgIpc) is 3.35. The number of carbonyl (C=O) groups is 3. The lowest BCUT2D eigenvalue weighted by molar-refractivity contribution is -0.167. The van der Waals surface area contributed by atoms with E-state index in [-0.39, 0.29) is 31.1 Å². The minimum Gasteiger partial charge on any atom is -0.462 e. The largest absolute Gasteiger partial charge is 0.462 e. The fraction of sp³-hybridized carbons (Fsp3) is 0.825. The Labute approximate surface area is 428 Å². The van der Waals surface area contributed by atoms with Gasteiger partial charge in [0, 0.05) is 19.3 Å². The fourth-order valence-corrected chi connectivity index (χ4v) is 8.70. The Balaban J connectivity index is 4.37. The van der Waals surface area contributed by atoms with Gasteiger partial charge < -0.3 is 14.2 Å². The molecule has 0 aromatic carbocycles. The summed E-state index contributed by atoms with van der Waals surface area (Å²) < 4.78 is 16.9. The first-order valence-corrected chi connectivity index (χ1v) is 30.1. The van der Waals surface area contributed by atoms with E-state index >= 15 is 0 Å². The second-order valence-corrected chi connectivity index (χ2v) is 20.2. The lowest BCUT2D eigenvalue weighted by atomic mass is 10.1. The van der Waals surface area contributed by atoms with Gasteiger partial charge in [-0.15, -0.1) is 0 Å². The molecule has 0 heterocycles. The third kappa shape index (κ3) is 56.2. The summed E-state index contributed by atoms with van der Waals surface area (Å²) in [6, 6.07) is 0. The SMILES string of the molecule is CCCCC/C=C\C/C=C\CCCCCCCCCC(=O)O[C@H](COC(=O)CCCCCCC/C=C\CCCCCCCC)COC(=O)CCCCCCCCC/C=C\CCCCCCCCCC. The number of hydrogen-bond acceptors (Lipinski definition) is 6. The molecule has 0 amide bonds.